The van der Waals surface area contributed by atoms with E-state index < -0.39 is 10.0 Å². The molecule has 0 amide bonds. The second-order valence-corrected chi connectivity index (χ2v) is 11.1. The van der Waals surface area contributed by atoms with Crippen LogP contribution in [0.15, 0.2) is 70.1 Å². The van der Waals surface area contributed by atoms with Crippen molar-refractivity contribution < 1.29 is 17.7 Å². The average Bonchev–Trinajstić information content (AvgIpc) is 3.52. The van der Waals surface area contributed by atoms with E-state index in [1.54, 1.807) is 17.5 Å². The Bertz CT molecular complexity index is 1370. The molecule has 2 aromatic carbocycles. The summed E-state index contributed by atoms with van der Waals surface area (Å²) in [7, 11) is -2.00. The van der Waals surface area contributed by atoms with E-state index >= 15 is 0 Å². The number of ether oxygens (including phenoxy) is 1. The van der Waals surface area contributed by atoms with Crippen molar-refractivity contribution in [3.05, 3.63) is 65.5 Å². The van der Waals surface area contributed by atoms with E-state index in [0.717, 1.165) is 17.0 Å². The van der Waals surface area contributed by atoms with E-state index in [1.807, 2.05) is 61.5 Å². The zero-order valence-corrected chi connectivity index (χ0v) is 20.5. The summed E-state index contributed by atoms with van der Waals surface area (Å²) in [6, 6.07) is 19.0. The summed E-state index contributed by atoms with van der Waals surface area (Å²) in [5.74, 6) is 1.59. The number of sulfonamides is 1. The van der Waals surface area contributed by atoms with Gasteiger partial charge in [-0.2, -0.15) is 9.29 Å². The van der Waals surface area contributed by atoms with Gasteiger partial charge in [-0.15, -0.1) is 11.3 Å². The van der Waals surface area contributed by atoms with Gasteiger partial charge in [-0.25, -0.2) is 8.42 Å². The normalized spacial score (nSPS) is 14.9. The van der Waals surface area contributed by atoms with Crippen LogP contribution in [0.4, 0.5) is 5.69 Å². The molecule has 0 unspecified atom stereocenters. The van der Waals surface area contributed by atoms with Crippen LogP contribution < -0.4 is 9.64 Å². The van der Waals surface area contributed by atoms with E-state index in [-0.39, 0.29) is 0 Å². The van der Waals surface area contributed by atoms with Gasteiger partial charge in [0.2, 0.25) is 15.8 Å². The molecule has 3 heterocycles. The molecule has 10 heteroatoms. The van der Waals surface area contributed by atoms with E-state index in [1.165, 1.54) is 11.3 Å². The molecule has 34 heavy (non-hydrogen) atoms. The van der Waals surface area contributed by atoms with E-state index in [2.05, 4.69) is 15.0 Å². The first-order valence-electron chi connectivity index (χ1n) is 10.8. The maximum atomic E-state index is 13.4. The van der Waals surface area contributed by atoms with Gasteiger partial charge in [-0.1, -0.05) is 35.5 Å². The molecule has 0 bridgehead atoms. The quantitative estimate of drug-likeness (QED) is 0.393. The van der Waals surface area contributed by atoms with Gasteiger partial charge in [0, 0.05) is 42.3 Å². The molecule has 1 fully saturated rings. The Labute approximate surface area is 202 Å². The van der Waals surface area contributed by atoms with Gasteiger partial charge in [-0.3, -0.25) is 0 Å². The number of anilines is 1. The van der Waals surface area contributed by atoms with Crippen LogP contribution in [0.1, 0.15) is 4.88 Å². The van der Waals surface area contributed by atoms with Crippen LogP contribution in [0, 0.1) is 6.92 Å². The van der Waals surface area contributed by atoms with Crippen LogP contribution in [0.25, 0.3) is 22.2 Å². The summed E-state index contributed by atoms with van der Waals surface area (Å²) >= 11 is 1.34. The van der Waals surface area contributed by atoms with Crippen LogP contribution >= 0.6 is 11.3 Å². The molecule has 0 aliphatic carbocycles. The summed E-state index contributed by atoms with van der Waals surface area (Å²) < 4.78 is 39.1. The molecule has 0 spiro atoms. The van der Waals surface area contributed by atoms with Gasteiger partial charge in [0.15, 0.2) is 0 Å². The lowest BCUT2D eigenvalue weighted by molar-refractivity contribution is 0.384. The Balaban J connectivity index is 1.32. The zero-order valence-electron chi connectivity index (χ0n) is 18.8. The van der Waals surface area contributed by atoms with Crippen molar-refractivity contribution in [2.75, 3.05) is 38.2 Å². The highest BCUT2D eigenvalue weighted by atomic mass is 32.2. The molecule has 176 valence electrons. The fourth-order valence-electron chi connectivity index (χ4n) is 3.97. The number of aromatic nitrogens is 2. The van der Waals surface area contributed by atoms with Crippen LogP contribution in [-0.4, -0.2) is 56.2 Å². The fraction of sp³-hybridized carbons (Fsp3) is 0.250. The van der Waals surface area contributed by atoms with Crippen molar-refractivity contribution in [1.29, 1.82) is 0 Å². The number of rotatable bonds is 6. The Hall–Kier alpha value is -3.21. The monoisotopic (exact) mass is 496 g/mol. The van der Waals surface area contributed by atoms with Crippen LogP contribution in [0.5, 0.6) is 5.75 Å². The third-order valence-electron chi connectivity index (χ3n) is 5.84. The maximum Gasteiger partial charge on any atom is 0.268 e. The lowest BCUT2D eigenvalue weighted by Crippen LogP contribution is -2.48. The SMILES string of the molecule is COc1ccc(N2CCN(S(=O)(=O)c3cc(-c4nc(-c5ccccc5)no4)sc3C)CC2)cc1. The second kappa shape index (κ2) is 9.21. The molecule has 8 nitrogen and oxygen atoms in total. The van der Waals surface area contributed by atoms with Crippen molar-refractivity contribution in [2.24, 2.45) is 0 Å². The standard InChI is InChI=1S/C24H24N4O4S2/c1-17-22(16-21(33-17)24-25-23(26-32-24)18-6-4-3-5-7-18)34(29,30)28-14-12-27(13-15-28)19-8-10-20(31-2)11-9-19/h3-11,16H,12-15H2,1-2H3. The molecule has 1 aliphatic heterocycles. The minimum atomic E-state index is -3.63. The van der Waals surface area contributed by atoms with Gasteiger partial charge < -0.3 is 14.2 Å². The number of thiophene rings is 1. The van der Waals surface area contributed by atoms with Crippen molar-refractivity contribution in [3.63, 3.8) is 0 Å². The van der Waals surface area contributed by atoms with Crippen molar-refractivity contribution in [1.82, 2.24) is 14.4 Å². The number of hydrogen-bond donors (Lipinski definition) is 0. The number of benzene rings is 2. The second-order valence-electron chi connectivity index (χ2n) is 7.91. The Morgan fingerprint density at radius 3 is 2.38 bits per heavy atom. The first-order chi connectivity index (χ1) is 16.5. The first kappa shape index (κ1) is 22.6. The van der Waals surface area contributed by atoms with Gasteiger partial charge in [0.25, 0.3) is 5.89 Å². The molecule has 0 atom stereocenters. The topological polar surface area (TPSA) is 88.8 Å². The van der Waals surface area contributed by atoms with E-state index in [4.69, 9.17) is 9.26 Å². The van der Waals surface area contributed by atoms with Gasteiger partial charge in [0.1, 0.15) is 5.75 Å². The third kappa shape index (κ3) is 4.31. The van der Waals surface area contributed by atoms with Crippen LogP contribution in [0.3, 0.4) is 0 Å². The molecule has 5 rings (SSSR count). The number of hydrogen-bond acceptors (Lipinski definition) is 8. The first-order valence-corrected chi connectivity index (χ1v) is 13.1. The fourth-order valence-corrected chi connectivity index (χ4v) is 6.88. The summed E-state index contributed by atoms with van der Waals surface area (Å²) in [6.45, 7) is 3.87. The smallest absolute Gasteiger partial charge is 0.268 e. The lowest BCUT2D eigenvalue weighted by Gasteiger charge is -2.35. The molecule has 0 N–H and O–H groups in total. The van der Waals surface area contributed by atoms with Gasteiger partial charge in [-0.05, 0) is 37.3 Å². The number of piperazine rings is 1. The molecular formula is C24H24N4O4S2. The number of nitrogens with zero attached hydrogens (tertiary/aromatic N) is 4. The minimum Gasteiger partial charge on any atom is -0.497 e. The maximum absolute atomic E-state index is 13.4. The molecule has 4 aromatic rings. The molecular weight excluding hydrogens is 472 g/mol. The highest BCUT2D eigenvalue weighted by Gasteiger charge is 2.31. The lowest BCUT2D eigenvalue weighted by atomic mass is 10.2. The molecule has 2 aromatic heterocycles. The molecule has 1 aliphatic rings. The Morgan fingerprint density at radius 2 is 1.71 bits per heavy atom. The van der Waals surface area contributed by atoms with Crippen molar-refractivity contribution in [2.45, 2.75) is 11.8 Å². The highest BCUT2D eigenvalue weighted by Crippen LogP contribution is 2.35. The van der Waals surface area contributed by atoms with Crippen molar-refractivity contribution in [3.8, 4) is 27.9 Å². The van der Waals surface area contributed by atoms with E-state index in [9.17, 15) is 8.42 Å². The molecule has 0 saturated carbocycles. The average molecular weight is 497 g/mol. The van der Waals surface area contributed by atoms with Gasteiger partial charge in [0.05, 0.1) is 16.9 Å². The predicted molar refractivity (Wildman–Crippen MR) is 132 cm³/mol. The third-order valence-corrected chi connectivity index (χ3v) is 9.03. The summed E-state index contributed by atoms with van der Waals surface area (Å²) in [4.78, 5) is 8.28. The summed E-state index contributed by atoms with van der Waals surface area (Å²) in [6.07, 6.45) is 0. The predicted octanol–water partition coefficient (Wildman–Crippen LogP) is 4.29. The van der Waals surface area contributed by atoms with Gasteiger partial charge >= 0.3 is 0 Å². The highest BCUT2D eigenvalue weighted by molar-refractivity contribution is 7.89. The van der Waals surface area contributed by atoms with Crippen molar-refractivity contribution >= 4 is 27.0 Å². The summed E-state index contributed by atoms with van der Waals surface area (Å²) in [5.41, 5.74) is 1.89. The minimum absolute atomic E-state index is 0.296. The number of aryl methyl sites for hydroxylation is 1. The Kier molecular flexibility index (Phi) is 6.11. The zero-order chi connectivity index (χ0) is 23.7. The number of methoxy groups -OCH3 is 1. The largest absolute Gasteiger partial charge is 0.497 e. The molecule has 0 radical (unpaired) electrons. The Morgan fingerprint density at radius 1 is 1.00 bits per heavy atom. The molecule has 1 saturated heterocycles. The van der Waals surface area contributed by atoms with Crippen LogP contribution in [-0.2, 0) is 10.0 Å². The van der Waals surface area contributed by atoms with Crippen LogP contribution in [0.2, 0.25) is 0 Å². The summed E-state index contributed by atoms with van der Waals surface area (Å²) in [5, 5.41) is 4.05. The van der Waals surface area contributed by atoms with E-state index in [0.29, 0.717) is 52.5 Å².